The summed E-state index contributed by atoms with van der Waals surface area (Å²) in [5, 5.41) is 0. The smallest absolute Gasteiger partial charge is 0.119 e. The van der Waals surface area contributed by atoms with Crippen LogP contribution in [0.1, 0.15) is 36.7 Å². The van der Waals surface area contributed by atoms with Gasteiger partial charge in [0.1, 0.15) is 18.2 Å². The standard InChI is InChI=1S/C20H25N3O/c1-13(2)20-22-18-11-14(3)15(4)12-19(18)23(20)9-10-24-17-7-5-16(21)6-8-17/h5-8,11-13H,9-10,21H2,1-4H3. The molecule has 1 heterocycles. The zero-order valence-electron chi connectivity index (χ0n) is 14.8. The van der Waals surface area contributed by atoms with Crippen molar-refractivity contribution in [1.29, 1.82) is 0 Å². The van der Waals surface area contributed by atoms with Crippen molar-refractivity contribution in [3.05, 3.63) is 53.3 Å². The first-order valence-corrected chi connectivity index (χ1v) is 8.41. The molecule has 1 aromatic heterocycles. The Morgan fingerprint density at radius 1 is 1.08 bits per heavy atom. The summed E-state index contributed by atoms with van der Waals surface area (Å²) in [5.74, 6) is 2.32. The van der Waals surface area contributed by atoms with Crippen molar-refractivity contribution in [1.82, 2.24) is 9.55 Å². The van der Waals surface area contributed by atoms with Crippen LogP contribution in [0.15, 0.2) is 36.4 Å². The van der Waals surface area contributed by atoms with Crippen molar-refractivity contribution in [2.75, 3.05) is 12.3 Å². The van der Waals surface area contributed by atoms with Gasteiger partial charge in [-0.3, -0.25) is 0 Å². The maximum absolute atomic E-state index is 5.87. The van der Waals surface area contributed by atoms with E-state index in [0.29, 0.717) is 12.5 Å². The maximum atomic E-state index is 5.87. The van der Waals surface area contributed by atoms with Crippen LogP contribution in [0.2, 0.25) is 0 Å². The van der Waals surface area contributed by atoms with Crippen molar-refractivity contribution in [3.8, 4) is 5.75 Å². The first-order valence-electron chi connectivity index (χ1n) is 8.41. The zero-order valence-corrected chi connectivity index (χ0v) is 14.8. The van der Waals surface area contributed by atoms with E-state index in [1.54, 1.807) is 0 Å². The van der Waals surface area contributed by atoms with Gasteiger partial charge < -0.3 is 15.0 Å². The number of benzene rings is 2. The van der Waals surface area contributed by atoms with Gasteiger partial charge in [0.15, 0.2) is 0 Å². The number of ether oxygens (including phenoxy) is 1. The summed E-state index contributed by atoms with van der Waals surface area (Å²) in [6, 6.07) is 11.9. The molecule has 0 aliphatic heterocycles. The number of nitrogen functional groups attached to an aromatic ring is 1. The quantitative estimate of drug-likeness (QED) is 0.706. The maximum Gasteiger partial charge on any atom is 0.119 e. The van der Waals surface area contributed by atoms with Crippen LogP contribution in [0.3, 0.4) is 0 Å². The summed E-state index contributed by atoms with van der Waals surface area (Å²) in [4.78, 5) is 4.84. The highest BCUT2D eigenvalue weighted by Crippen LogP contribution is 2.25. The zero-order chi connectivity index (χ0) is 17.3. The lowest BCUT2D eigenvalue weighted by molar-refractivity contribution is 0.297. The van der Waals surface area contributed by atoms with Crippen molar-refractivity contribution in [2.45, 2.75) is 40.2 Å². The van der Waals surface area contributed by atoms with Gasteiger partial charge in [0.2, 0.25) is 0 Å². The Morgan fingerprint density at radius 2 is 1.75 bits per heavy atom. The van der Waals surface area contributed by atoms with Crippen LogP contribution >= 0.6 is 0 Å². The number of aryl methyl sites for hydroxylation is 2. The van der Waals surface area contributed by atoms with Gasteiger partial charge in [-0.15, -0.1) is 0 Å². The molecule has 0 saturated carbocycles. The molecule has 0 amide bonds. The van der Waals surface area contributed by atoms with Crippen molar-refractivity contribution in [3.63, 3.8) is 0 Å². The molecule has 0 atom stereocenters. The van der Waals surface area contributed by atoms with Crippen LogP contribution in [0.4, 0.5) is 5.69 Å². The summed E-state index contributed by atoms with van der Waals surface area (Å²) in [7, 11) is 0. The Morgan fingerprint density at radius 3 is 2.42 bits per heavy atom. The van der Waals surface area contributed by atoms with E-state index in [1.807, 2.05) is 24.3 Å². The largest absolute Gasteiger partial charge is 0.492 e. The van der Waals surface area contributed by atoms with E-state index in [0.717, 1.165) is 29.3 Å². The number of nitrogens with zero attached hydrogens (tertiary/aromatic N) is 2. The van der Waals surface area contributed by atoms with Gasteiger partial charge in [-0.05, 0) is 61.4 Å². The molecule has 0 saturated heterocycles. The molecular formula is C20H25N3O. The first-order chi connectivity index (χ1) is 11.5. The number of hydrogen-bond acceptors (Lipinski definition) is 3. The van der Waals surface area contributed by atoms with Crippen molar-refractivity contribution in [2.24, 2.45) is 0 Å². The van der Waals surface area contributed by atoms with Crippen molar-refractivity contribution >= 4 is 16.7 Å². The lowest BCUT2D eigenvalue weighted by Gasteiger charge is -2.13. The number of fused-ring (bicyclic) bond motifs is 1. The van der Waals surface area contributed by atoms with Gasteiger partial charge in [0.05, 0.1) is 17.6 Å². The Labute approximate surface area is 143 Å². The minimum Gasteiger partial charge on any atom is -0.492 e. The molecule has 0 fully saturated rings. The molecule has 0 bridgehead atoms. The Balaban J connectivity index is 1.85. The molecule has 0 aliphatic rings. The van der Waals surface area contributed by atoms with E-state index in [-0.39, 0.29) is 0 Å². The molecule has 0 unspecified atom stereocenters. The van der Waals surface area contributed by atoms with Crippen LogP contribution in [-0.2, 0) is 6.54 Å². The fourth-order valence-electron chi connectivity index (χ4n) is 2.89. The van der Waals surface area contributed by atoms with E-state index in [9.17, 15) is 0 Å². The van der Waals surface area contributed by atoms with Gasteiger partial charge in [-0.25, -0.2) is 4.98 Å². The molecule has 4 heteroatoms. The average molecular weight is 323 g/mol. The van der Waals surface area contributed by atoms with E-state index < -0.39 is 0 Å². The lowest BCUT2D eigenvalue weighted by atomic mass is 10.1. The molecule has 0 aliphatic carbocycles. The Kier molecular flexibility index (Phi) is 4.47. The van der Waals surface area contributed by atoms with Gasteiger partial charge in [0.25, 0.3) is 0 Å². The second-order valence-corrected chi connectivity index (χ2v) is 6.62. The van der Waals surface area contributed by atoms with Crippen LogP contribution in [0.25, 0.3) is 11.0 Å². The van der Waals surface area contributed by atoms with Crippen LogP contribution < -0.4 is 10.5 Å². The van der Waals surface area contributed by atoms with E-state index >= 15 is 0 Å². The molecular weight excluding hydrogens is 298 g/mol. The van der Waals surface area contributed by atoms with Crippen LogP contribution in [0, 0.1) is 13.8 Å². The molecule has 0 radical (unpaired) electrons. The van der Waals surface area contributed by atoms with Gasteiger partial charge >= 0.3 is 0 Å². The number of hydrogen-bond donors (Lipinski definition) is 1. The third-order valence-corrected chi connectivity index (χ3v) is 4.37. The minimum absolute atomic E-state index is 0.370. The fraction of sp³-hybridized carbons (Fsp3) is 0.350. The highest BCUT2D eigenvalue weighted by molar-refractivity contribution is 5.78. The third kappa shape index (κ3) is 3.23. The summed E-state index contributed by atoms with van der Waals surface area (Å²) in [6.07, 6.45) is 0. The van der Waals surface area contributed by atoms with Crippen LogP contribution in [-0.4, -0.2) is 16.2 Å². The normalized spacial score (nSPS) is 11.4. The highest BCUT2D eigenvalue weighted by atomic mass is 16.5. The van der Waals surface area contributed by atoms with E-state index in [4.69, 9.17) is 15.5 Å². The molecule has 2 aromatic carbocycles. The fourth-order valence-corrected chi connectivity index (χ4v) is 2.89. The average Bonchev–Trinajstić information content (AvgIpc) is 2.88. The third-order valence-electron chi connectivity index (χ3n) is 4.37. The van der Waals surface area contributed by atoms with E-state index in [1.165, 1.54) is 16.6 Å². The molecule has 2 N–H and O–H groups in total. The number of imidazole rings is 1. The lowest BCUT2D eigenvalue weighted by Crippen LogP contribution is -2.12. The number of anilines is 1. The topological polar surface area (TPSA) is 53.1 Å². The Bertz CT molecular complexity index is 847. The van der Waals surface area contributed by atoms with Gasteiger partial charge in [-0.1, -0.05) is 13.8 Å². The molecule has 126 valence electrons. The van der Waals surface area contributed by atoms with Crippen LogP contribution in [0.5, 0.6) is 5.75 Å². The SMILES string of the molecule is Cc1cc2nc(C(C)C)n(CCOc3ccc(N)cc3)c2cc1C. The minimum atomic E-state index is 0.370. The predicted octanol–water partition coefficient (Wildman–Crippen LogP) is 4.44. The second-order valence-electron chi connectivity index (χ2n) is 6.62. The molecule has 4 nitrogen and oxygen atoms in total. The molecule has 3 rings (SSSR count). The number of rotatable bonds is 5. The molecule has 3 aromatic rings. The summed E-state index contributed by atoms with van der Waals surface area (Å²) in [6.45, 7) is 10.0. The predicted molar refractivity (Wildman–Crippen MR) is 99.6 cm³/mol. The number of nitrogens with two attached hydrogens (primary N) is 1. The molecule has 24 heavy (non-hydrogen) atoms. The monoisotopic (exact) mass is 323 g/mol. The summed E-state index contributed by atoms with van der Waals surface area (Å²) < 4.78 is 8.15. The summed E-state index contributed by atoms with van der Waals surface area (Å²) >= 11 is 0. The van der Waals surface area contributed by atoms with E-state index in [2.05, 4.69) is 44.4 Å². The highest BCUT2D eigenvalue weighted by Gasteiger charge is 2.14. The second kappa shape index (κ2) is 6.56. The van der Waals surface area contributed by atoms with Gasteiger partial charge in [-0.2, -0.15) is 0 Å². The number of aromatic nitrogens is 2. The Hall–Kier alpha value is -2.49. The van der Waals surface area contributed by atoms with Gasteiger partial charge in [0, 0.05) is 11.6 Å². The summed E-state index contributed by atoms with van der Waals surface area (Å²) in [5.41, 5.74) is 11.3. The first kappa shape index (κ1) is 16.4. The van der Waals surface area contributed by atoms with Crippen molar-refractivity contribution < 1.29 is 4.74 Å². The molecule has 0 spiro atoms.